The molecular formula is C15H20F3N3. The van der Waals surface area contributed by atoms with Crippen molar-refractivity contribution in [3.05, 3.63) is 23.8 Å². The lowest BCUT2D eigenvalue weighted by atomic mass is 10.1. The molecule has 1 aromatic rings. The summed E-state index contributed by atoms with van der Waals surface area (Å²) < 4.78 is 38.0. The zero-order valence-electron chi connectivity index (χ0n) is 11.9. The molecule has 2 aliphatic heterocycles. The van der Waals surface area contributed by atoms with Crippen molar-refractivity contribution in [3.8, 4) is 0 Å². The van der Waals surface area contributed by atoms with Gasteiger partial charge in [0.05, 0.1) is 16.9 Å². The van der Waals surface area contributed by atoms with Crippen LogP contribution in [0.2, 0.25) is 0 Å². The SMILES string of the molecule is Nc1cc(C(F)(F)F)ccc1N1CCC(N2CCCC2)C1. The lowest BCUT2D eigenvalue weighted by molar-refractivity contribution is -0.137. The van der Waals surface area contributed by atoms with E-state index in [4.69, 9.17) is 5.73 Å². The second kappa shape index (κ2) is 5.40. The van der Waals surface area contributed by atoms with Crippen LogP contribution in [0.4, 0.5) is 24.5 Å². The Hall–Kier alpha value is -1.43. The quantitative estimate of drug-likeness (QED) is 0.852. The summed E-state index contributed by atoms with van der Waals surface area (Å²) in [5.74, 6) is 0. The minimum atomic E-state index is -4.34. The van der Waals surface area contributed by atoms with Crippen LogP contribution in [0, 0.1) is 0 Å². The van der Waals surface area contributed by atoms with E-state index < -0.39 is 11.7 Å². The minimum Gasteiger partial charge on any atom is -0.397 e. The van der Waals surface area contributed by atoms with Crippen molar-refractivity contribution < 1.29 is 13.2 Å². The highest BCUT2D eigenvalue weighted by molar-refractivity contribution is 5.69. The number of hydrogen-bond donors (Lipinski definition) is 1. The molecule has 2 fully saturated rings. The lowest BCUT2D eigenvalue weighted by Gasteiger charge is -2.25. The second-order valence-corrected chi connectivity index (χ2v) is 5.90. The average molecular weight is 299 g/mol. The van der Waals surface area contributed by atoms with Gasteiger partial charge in [0.1, 0.15) is 0 Å². The zero-order chi connectivity index (χ0) is 15.0. The summed E-state index contributed by atoms with van der Waals surface area (Å²) >= 11 is 0. The maximum absolute atomic E-state index is 12.7. The number of benzene rings is 1. The Bertz CT molecular complexity index is 509. The Morgan fingerprint density at radius 3 is 2.43 bits per heavy atom. The number of nitrogens with two attached hydrogens (primary N) is 1. The fraction of sp³-hybridized carbons (Fsp3) is 0.600. The Morgan fingerprint density at radius 2 is 1.81 bits per heavy atom. The molecule has 0 amide bonds. The minimum absolute atomic E-state index is 0.215. The molecule has 116 valence electrons. The molecule has 21 heavy (non-hydrogen) atoms. The third-order valence-corrected chi connectivity index (χ3v) is 4.52. The summed E-state index contributed by atoms with van der Waals surface area (Å²) in [6.07, 6.45) is -0.784. The molecule has 1 unspecified atom stereocenters. The van der Waals surface area contributed by atoms with Gasteiger partial charge in [-0.25, -0.2) is 0 Å². The molecule has 1 aromatic carbocycles. The molecule has 0 radical (unpaired) electrons. The number of rotatable bonds is 2. The average Bonchev–Trinajstić information content (AvgIpc) is 3.08. The van der Waals surface area contributed by atoms with Gasteiger partial charge in [-0.1, -0.05) is 0 Å². The van der Waals surface area contributed by atoms with E-state index in [0.717, 1.165) is 50.4 Å². The molecule has 0 aliphatic carbocycles. The lowest BCUT2D eigenvalue weighted by Crippen LogP contribution is -2.35. The van der Waals surface area contributed by atoms with Gasteiger partial charge in [0, 0.05) is 19.1 Å². The maximum atomic E-state index is 12.7. The normalized spacial score (nSPS) is 24.0. The first kappa shape index (κ1) is 14.5. The molecule has 0 spiro atoms. The molecule has 6 heteroatoms. The van der Waals surface area contributed by atoms with Crippen LogP contribution in [0.1, 0.15) is 24.8 Å². The predicted molar refractivity (Wildman–Crippen MR) is 77.3 cm³/mol. The van der Waals surface area contributed by atoms with E-state index in [1.807, 2.05) is 0 Å². The highest BCUT2D eigenvalue weighted by Gasteiger charge is 2.33. The van der Waals surface area contributed by atoms with Gasteiger partial charge in [-0.15, -0.1) is 0 Å². The molecule has 0 saturated carbocycles. The molecule has 3 rings (SSSR count). The van der Waals surface area contributed by atoms with Gasteiger partial charge in [0.25, 0.3) is 0 Å². The van der Waals surface area contributed by atoms with E-state index in [-0.39, 0.29) is 5.69 Å². The number of likely N-dealkylation sites (tertiary alicyclic amines) is 1. The highest BCUT2D eigenvalue weighted by Crippen LogP contribution is 2.35. The van der Waals surface area contributed by atoms with Gasteiger partial charge in [-0.3, -0.25) is 4.90 Å². The second-order valence-electron chi connectivity index (χ2n) is 5.90. The zero-order valence-corrected chi connectivity index (χ0v) is 11.9. The maximum Gasteiger partial charge on any atom is 0.416 e. The molecule has 2 aliphatic rings. The Balaban J connectivity index is 1.73. The summed E-state index contributed by atoms with van der Waals surface area (Å²) in [6, 6.07) is 4.17. The monoisotopic (exact) mass is 299 g/mol. The molecule has 1 atom stereocenters. The fourth-order valence-corrected chi connectivity index (χ4v) is 3.38. The van der Waals surface area contributed by atoms with Gasteiger partial charge in [0.15, 0.2) is 0 Å². The smallest absolute Gasteiger partial charge is 0.397 e. The summed E-state index contributed by atoms with van der Waals surface area (Å²) in [6.45, 7) is 3.99. The molecule has 2 heterocycles. The van der Waals surface area contributed by atoms with E-state index >= 15 is 0 Å². The van der Waals surface area contributed by atoms with Gasteiger partial charge >= 0.3 is 6.18 Å². The predicted octanol–water partition coefficient (Wildman–Crippen LogP) is 2.96. The first-order valence-corrected chi connectivity index (χ1v) is 7.41. The Kier molecular flexibility index (Phi) is 3.73. The van der Waals surface area contributed by atoms with E-state index in [1.165, 1.54) is 18.9 Å². The van der Waals surface area contributed by atoms with Gasteiger partial charge in [-0.05, 0) is 50.6 Å². The van der Waals surface area contributed by atoms with Crippen LogP contribution in [0.15, 0.2) is 18.2 Å². The number of alkyl halides is 3. The molecule has 0 bridgehead atoms. The molecule has 2 saturated heterocycles. The van der Waals surface area contributed by atoms with Crippen molar-refractivity contribution in [2.24, 2.45) is 0 Å². The standard InChI is InChI=1S/C15H20F3N3/c16-15(17,18)11-3-4-14(13(19)9-11)21-8-5-12(10-21)20-6-1-2-7-20/h3-4,9,12H,1-2,5-8,10,19H2. The van der Waals surface area contributed by atoms with Crippen LogP contribution in [0.3, 0.4) is 0 Å². The molecule has 0 aromatic heterocycles. The number of hydrogen-bond acceptors (Lipinski definition) is 3. The number of nitrogens with zero attached hydrogens (tertiary/aromatic N) is 2. The Labute approximate surface area is 122 Å². The molecule has 3 nitrogen and oxygen atoms in total. The van der Waals surface area contributed by atoms with Crippen molar-refractivity contribution >= 4 is 11.4 Å². The van der Waals surface area contributed by atoms with Crippen molar-refractivity contribution in [3.63, 3.8) is 0 Å². The summed E-state index contributed by atoms with van der Waals surface area (Å²) in [4.78, 5) is 4.60. The van der Waals surface area contributed by atoms with Crippen molar-refractivity contribution in [2.75, 3.05) is 36.8 Å². The highest BCUT2D eigenvalue weighted by atomic mass is 19.4. The van der Waals surface area contributed by atoms with Gasteiger partial charge in [-0.2, -0.15) is 13.2 Å². The molecule has 2 N–H and O–H groups in total. The van der Waals surface area contributed by atoms with E-state index in [2.05, 4.69) is 9.80 Å². The van der Waals surface area contributed by atoms with Crippen LogP contribution in [0.5, 0.6) is 0 Å². The van der Waals surface area contributed by atoms with E-state index in [1.54, 1.807) is 0 Å². The molecular weight excluding hydrogens is 279 g/mol. The topological polar surface area (TPSA) is 32.5 Å². The van der Waals surface area contributed by atoms with Crippen molar-refractivity contribution in [1.29, 1.82) is 0 Å². The van der Waals surface area contributed by atoms with Crippen molar-refractivity contribution in [1.82, 2.24) is 4.90 Å². The number of halogens is 3. The van der Waals surface area contributed by atoms with E-state index in [9.17, 15) is 13.2 Å². The van der Waals surface area contributed by atoms with E-state index in [0.29, 0.717) is 6.04 Å². The first-order valence-electron chi connectivity index (χ1n) is 7.41. The largest absolute Gasteiger partial charge is 0.416 e. The third-order valence-electron chi connectivity index (χ3n) is 4.52. The van der Waals surface area contributed by atoms with Gasteiger partial charge < -0.3 is 10.6 Å². The summed E-state index contributed by atoms with van der Waals surface area (Å²) in [7, 11) is 0. The Morgan fingerprint density at radius 1 is 1.10 bits per heavy atom. The van der Waals surface area contributed by atoms with Crippen LogP contribution in [-0.4, -0.2) is 37.1 Å². The summed E-state index contributed by atoms with van der Waals surface area (Å²) in [5, 5.41) is 0. The number of nitrogen functional groups attached to an aromatic ring is 1. The third kappa shape index (κ3) is 2.95. The van der Waals surface area contributed by atoms with Crippen LogP contribution in [-0.2, 0) is 6.18 Å². The van der Waals surface area contributed by atoms with Crippen LogP contribution >= 0.6 is 0 Å². The van der Waals surface area contributed by atoms with Crippen molar-refractivity contribution in [2.45, 2.75) is 31.5 Å². The fourth-order valence-electron chi connectivity index (χ4n) is 3.38. The van der Waals surface area contributed by atoms with Gasteiger partial charge in [0.2, 0.25) is 0 Å². The first-order chi connectivity index (χ1) is 9.95. The number of anilines is 2. The summed E-state index contributed by atoms with van der Waals surface area (Å²) in [5.41, 5.74) is 6.10. The van der Waals surface area contributed by atoms with Crippen LogP contribution in [0.25, 0.3) is 0 Å². The van der Waals surface area contributed by atoms with Crippen LogP contribution < -0.4 is 10.6 Å².